The first-order valence-corrected chi connectivity index (χ1v) is 8.49. The third kappa shape index (κ3) is 4.72. The molecule has 0 spiro atoms. The van der Waals surface area contributed by atoms with Gasteiger partial charge in [0, 0.05) is 18.6 Å². The van der Waals surface area contributed by atoms with Gasteiger partial charge in [0.2, 0.25) is 5.91 Å². The summed E-state index contributed by atoms with van der Waals surface area (Å²) < 4.78 is 9.95. The Morgan fingerprint density at radius 1 is 1.38 bits per heavy atom. The summed E-state index contributed by atoms with van der Waals surface area (Å²) in [5.41, 5.74) is 0.688. The quantitative estimate of drug-likeness (QED) is 0.578. The van der Waals surface area contributed by atoms with E-state index in [4.69, 9.17) is 9.47 Å². The van der Waals surface area contributed by atoms with E-state index in [0.717, 1.165) is 4.90 Å². The van der Waals surface area contributed by atoms with Gasteiger partial charge in [-0.25, -0.2) is 0 Å². The summed E-state index contributed by atoms with van der Waals surface area (Å²) in [5.74, 6) is -0.911. The summed E-state index contributed by atoms with van der Waals surface area (Å²) in [6.45, 7) is 1.99. The highest BCUT2D eigenvalue weighted by Gasteiger charge is 2.28. The van der Waals surface area contributed by atoms with Gasteiger partial charge in [-0.15, -0.1) is 11.8 Å². The van der Waals surface area contributed by atoms with Crippen LogP contribution in [0.15, 0.2) is 29.2 Å². The van der Waals surface area contributed by atoms with Gasteiger partial charge in [-0.3, -0.25) is 19.3 Å². The third-order valence-electron chi connectivity index (χ3n) is 3.38. The van der Waals surface area contributed by atoms with Crippen molar-refractivity contribution in [2.45, 2.75) is 17.9 Å². The van der Waals surface area contributed by atoms with E-state index in [9.17, 15) is 14.4 Å². The Bertz CT molecular complexity index is 622. The second-order valence-electron chi connectivity index (χ2n) is 5.15. The molecule has 2 amide bonds. The first-order chi connectivity index (χ1) is 11.5. The number of hydrogen-bond donors (Lipinski definition) is 1. The normalized spacial score (nSPS) is 14.8. The highest BCUT2D eigenvalue weighted by molar-refractivity contribution is 8.00. The molecule has 1 N–H and O–H groups in total. The topological polar surface area (TPSA) is 84.9 Å². The molecule has 130 valence electrons. The van der Waals surface area contributed by atoms with Crippen molar-refractivity contribution in [1.82, 2.24) is 5.32 Å². The van der Waals surface area contributed by atoms with Crippen LogP contribution in [0.4, 0.5) is 5.69 Å². The van der Waals surface area contributed by atoms with Crippen molar-refractivity contribution in [3.8, 4) is 0 Å². The van der Waals surface area contributed by atoms with Gasteiger partial charge in [-0.05, 0) is 19.1 Å². The Balaban J connectivity index is 1.92. The van der Waals surface area contributed by atoms with Crippen LogP contribution in [0.2, 0.25) is 0 Å². The van der Waals surface area contributed by atoms with Crippen LogP contribution in [0.25, 0.3) is 0 Å². The molecule has 0 radical (unpaired) electrons. The minimum absolute atomic E-state index is 0.159. The van der Waals surface area contributed by atoms with Crippen LogP contribution in [0.5, 0.6) is 0 Å². The summed E-state index contributed by atoms with van der Waals surface area (Å²) in [4.78, 5) is 38.3. The van der Waals surface area contributed by atoms with E-state index in [-0.39, 0.29) is 18.2 Å². The van der Waals surface area contributed by atoms with Gasteiger partial charge in [0.1, 0.15) is 6.54 Å². The van der Waals surface area contributed by atoms with E-state index in [1.165, 1.54) is 30.7 Å². The van der Waals surface area contributed by atoms with Gasteiger partial charge in [-0.1, -0.05) is 12.1 Å². The van der Waals surface area contributed by atoms with E-state index in [0.29, 0.717) is 18.8 Å². The van der Waals surface area contributed by atoms with Crippen molar-refractivity contribution < 1.29 is 23.9 Å². The molecule has 1 aliphatic rings. The van der Waals surface area contributed by atoms with Crippen molar-refractivity contribution in [2.75, 3.05) is 37.5 Å². The first kappa shape index (κ1) is 18.3. The predicted molar refractivity (Wildman–Crippen MR) is 90.0 cm³/mol. The minimum atomic E-state index is -0.932. The van der Waals surface area contributed by atoms with E-state index in [1.807, 2.05) is 18.2 Å². The third-order valence-corrected chi connectivity index (χ3v) is 4.43. The molecular formula is C16H20N2O5S. The van der Waals surface area contributed by atoms with Crippen molar-refractivity contribution in [1.29, 1.82) is 0 Å². The average Bonchev–Trinajstić information content (AvgIpc) is 2.57. The Labute approximate surface area is 144 Å². The molecule has 0 bridgehead atoms. The van der Waals surface area contributed by atoms with Gasteiger partial charge in [0.25, 0.3) is 5.91 Å². The molecule has 1 atom stereocenters. The van der Waals surface area contributed by atoms with E-state index < -0.39 is 18.0 Å². The van der Waals surface area contributed by atoms with Crippen LogP contribution >= 0.6 is 11.8 Å². The molecule has 2 rings (SSSR count). The maximum absolute atomic E-state index is 12.1. The fourth-order valence-electron chi connectivity index (χ4n) is 2.16. The molecule has 1 heterocycles. The zero-order valence-electron chi connectivity index (χ0n) is 13.6. The Hall–Kier alpha value is -2.06. The molecule has 1 aromatic carbocycles. The summed E-state index contributed by atoms with van der Waals surface area (Å²) in [5, 5.41) is 2.59. The van der Waals surface area contributed by atoms with E-state index in [1.54, 1.807) is 6.07 Å². The number of amides is 2. The maximum atomic E-state index is 12.1. The van der Waals surface area contributed by atoms with Crippen molar-refractivity contribution >= 4 is 35.2 Å². The molecule has 1 aliphatic heterocycles. The summed E-state index contributed by atoms with van der Waals surface area (Å²) in [6, 6.07) is 7.37. The lowest BCUT2D eigenvalue weighted by atomic mass is 10.2. The Morgan fingerprint density at radius 2 is 2.12 bits per heavy atom. The number of para-hydroxylation sites is 1. The van der Waals surface area contributed by atoms with Gasteiger partial charge >= 0.3 is 5.97 Å². The van der Waals surface area contributed by atoms with Crippen LogP contribution in [0, 0.1) is 0 Å². The van der Waals surface area contributed by atoms with E-state index in [2.05, 4.69) is 5.32 Å². The second kappa shape index (κ2) is 8.70. The smallest absolute Gasteiger partial charge is 0.326 e. The summed E-state index contributed by atoms with van der Waals surface area (Å²) in [6.07, 6.45) is -0.932. The molecule has 0 aromatic heterocycles. The Morgan fingerprint density at radius 3 is 2.88 bits per heavy atom. The van der Waals surface area contributed by atoms with Gasteiger partial charge in [-0.2, -0.15) is 0 Å². The lowest BCUT2D eigenvalue weighted by molar-refractivity contribution is -0.153. The number of carbonyl (C=O) groups is 3. The number of rotatable bonds is 7. The summed E-state index contributed by atoms with van der Waals surface area (Å²) in [7, 11) is 1.53. The molecule has 0 unspecified atom stereocenters. The molecule has 1 aromatic rings. The Kier molecular flexibility index (Phi) is 6.62. The van der Waals surface area contributed by atoms with Crippen LogP contribution in [0.3, 0.4) is 0 Å². The fourth-order valence-corrected chi connectivity index (χ4v) is 3.10. The number of ether oxygens (including phenoxy) is 2. The standard InChI is InChI=1S/C16H20N2O5S/c1-11(16(21)17-7-8-22-2)23-15(20)9-18-12-5-3-4-6-13(12)24-10-14(18)19/h3-6,11H,7-10H2,1-2H3,(H,17,21)/t11-/m0/s1. The summed E-state index contributed by atoms with van der Waals surface area (Å²) >= 11 is 1.44. The number of benzene rings is 1. The number of esters is 1. The van der Waals surface area contributed by atoms with Gasteiger partial charge in [0.15, 0.2) is 6.10 Å². The molecule has 8 heteroatoms. The van der Waals surface area contributed by atoms with Gasteiger partial charge < -0.3 is 14.8 Å². The lowest BCUT2D eigenvalue weighted by Gasteiger charge is -2.28. The molecule has 0 aliphatic carbocycles. The van der Waals surface area contributed by atoms with Crippen LogP contribution < -0.4 is 10.2 Å². The average molecular weight is 352 g/mol. The minimum Gasteiger partial charge on any atom is -0.451 e. The van der Waals surface area contributed by atoms with Crippen LogP contribution in [-0.4, -0.2) is 56.4 Å². The fraction of sp³-hybridized carbons (Fsp3) is 0.438. The molecule has 0 fully saturated rings. The van der Waals surface area contributed by atoms with Gasteiger partial charge in [0.05, 0.1) is 18.0 Å². The van der Waals surface area contributed by atoms with Crippen molar-refractivity contribution in [3.63, 3.8) is 0 Å². The number of fused-ring (bicyclic) bond motifs is 1. The lowest BCUT2D eigenvalue weighted by Crippen LogP contribution is -2.43. The highest BCUT2D eigenvalue weighted by atomic mass is 32.2. The molecular weight excluding hydrogens is 332 g/mol. The number of nitrogens with one attached hydrogen (secondary N) is 1. The number of anilines is 1. The van der Waals surface area contributed by atoms with Crippen molar-refractivity contribution in [3.05, 3.63) is 24.3 Å². The first-order valence-electron chi connectivity index (χ1n) is 7.51. The zero-order chi connectivity index (χ0) is 17.5. The molecule has 24 heavy (non-hydrogen) atoms. The number of hydrogen-bond acceptors (Lipinski definition) is 6. The molecule has 0 saturated heterocycles. The molecule has 7 nitrogen and oxygen atoms in total. The monoisotopic (exact) mass is 352 g/mol. The number of methoxy groups -OCH3 is 1. The second-order valence-corrected chi connectivity index (χ2v) is 6.17. The predicted octanol–water partition coefficient (Wildman–Crippen LogP) is 0.820. The highest BCUT2D eigenvalue weighted by Crippen LogP contribution is 2.34. The SMILES string of the molecule is COCCNC(=O)[C@H](C)OC(=O)CN1C(=O)CSc2ccccc21. The van der Waals surface area contributed by atoms with Crippen LogP contribution in [0.1, 0.15) is 6.92 Å². The van der Waals surface area contributed by atoms with Crippen LogP contribution in [-0.2, 0) is 23.9 Å². The van der Waals surface area contributed by atoms with Crippen molar-refractivity contribution in [2.24, 2.45) is 0 Å². The molecule has 0 saturated carbocycles. The zero-order valence-corrected chi connectivity index (χ0v) is 14.4. The maximum Gasteiger partial charge on any atom is 0.326 e. The number of thioether (sulfide) groups is 1. The largest absolute Gasteiger partial charge is 0.451 e. The number of nitrogens with zero attached hydrogens (tertiary/aromatic N) is 1. The number of carbonyl (C=O) groups excluding carboxylic acids is 3. The van der Waals surface area contributed by atoms with E-state index >= 15 is 0 Å².